The van der Waals surface area contributed by atoms with E-state index < -0.39 is 0 Å². The number of rotatable bonds is 1. The van der Waals surface area contributed by atoms with Crippen molar-refractivity contribution in [1.82, 2.24) is 15.0 Å². The highest BCUT2D eigenvalue weighted by Crippen LogP contribution is 2.28. The van der Waals surface area contributed by atoms with Crippen LogP contribution in [0.4, 0.5) is 0 Å². The molecule has 0 saturated carbocycles. The molecule has 3 rings (SSSR count). The van der Waals surface area contributed by atoms with Gasteiger partial charge in [-0.15, -0.1) is 0 Å². The molecule has 0 bridgehead atoms. The van der Waals surface area contributed by atoms with E-state index >= 15 is 0 Å². The molecule has 4 nitrogen and oxygen atoms in total. The molecule has 0 amide bonds. The molecule has 1 aliphatic rings. The maximum absolute atomic E-state index is 6.05. The van der Waals surface area contributed by atoms with E-state index in [1.54, 1.807) is 0 Å². The molecular weight excluding hydrogens is 273 g/mol. The van der Waals surface area contributed by atoms with Crippen LogP contribution in [0.3, 0.4) is 0 Å². The second-order valence-electron chi connectivity index (χ2n) is 4.27. The van der Waals surface area contributed by atoms with E-state index in [1.165, 1.54) is 0 Å². The molecule has 0 N–H and O–H groups in total. The number of pyridine rings is 1. The van der Waals surface area contributed by atoms with Gasteiger partial charge in [0.15, 0.2) is 5.15 Å². The molecule has 0 spiro atoms. The zero-order valence-electron chi connectivity index (χ0n) is 9.57. The van der Waals surface area contributed by atoms with Gasteiger partial charge in [0.25, 0.3) is 0 Å². The third-order valence-corrected chi connectivity index (χ3v) is 3.57. The molecule has 18 heavy (non-hydrogen) atoms. The van der Waals surface area contributed by atoms with Crippen LogP contribution in [0.2, 0.25) is 10.4 Å². The summed E-state index contributed by atoms with van der Waals surface area (Å²) in [4.78, 5) is 12.6. The predicted molar refractivity (Wildman–Crippen MR) is 70.1 cm³/mol. The standard InChI is InChI=1S/C12H11Cl2N3O/c13-11-10-9(16-12(14)17-11)2-1-8(15-10)7-3-5-18-6-4-7/h1-2,7H,3-6H2. The second-order valence-corrected chi connectivity index (χ2v) is 4.97. The van der Waals surface area contributed by atoms with E-state index in [4.69, 9.17) is 27.9 Å². The fraction of sp³-hybridized carbons (Fsp3) is 0.417. The first kappa shape index (κ1) is 12.1. The Hall–Kier alpha value is -0.970. The molecule has 0 radical (unpaired) electrons. The lowest BCUT2D eigenvalue weighted by atomic mass is 9.96. The normalized spacial score (nSPS) is 17.2. The number of ether oxygens (including phenoxy) is 1. The van der Waals surface area contributed by atoms with Crippen LogP contribution in [0.5, 0.6) is 0 Å². The molecule has 94 valence electrons. The van der Waals surface area contributed by atoms with Crippen LogP contribution >= 0.6 is 23.2 Å². The van der Waals surface area contributed by atoms with Crippen LogP contribution in [0.15, 0.2) is 12.1 Å². The molecule has 2 aromatic rings. The summed E-state index contributed by atoms with van der Waals surface area (Å²) in [6.45, 7) is 1.57. The Morgan fingerprint density at radius 3 is 2.61 bits per heavy atom. The van der Waals surface area contributed by atoms with Crippen molar-refractivity contribution in [2.24, 2.45) is 0 Å². The summed E-state index contributed by atoms with van der Waals surface area (Å²) in [7, 11) is 0. The van der Waals surface area contributed by atoms with Crippen LogP contribution in [0, 0.1) is 0 Å². The molecule has 0 aliphatic carbocycles. The average Bonchev–Trinajstić information content (AvgIpc) is 2.39. The van der Waals surface area contributed by atoms with Crippen molar-refractivity contribution >= 4 is 34.2 Å². The van der Waals surface area contributed by atoms with E-state index in [2.05, 4.69) is 15.0 Å². The number of nitrogens with zero attached hydrogens (tertiary/aromatic N) is 3. The second kappa shape index (κ2) is 4.96. The van der Waals surface area contributed by atoms with Gasteiger partial charge in [0.1, 0.15) is 5.52 Å². The van der Waals surface area contributed by atoms with Crippen LogP contribution < -0.4 is 0 Å². The van der Waals surface area contributed by atoms with Gasteiger partial charge in [-0.05, 0) is 36.6 Å². The Kier molecular flexibility index (Phi) is 3.33. The van der Waals surface area contributed by atoms with Crippen molar-refractivity contribution in [1.29, 1.82) is 0 Å². The first-order valence-corrected chi connectivity index (χ1v) is 6.57. The highest BCUT2D eigenvalue weighted by molar-refractivity contribution is 6.35. The van der Waals surface area contributed by atoms with Crippen LogP contribution in [-0.2, 0) is 4.74 Å². The number of halogens is 2. The lowest BCUT2D eigenvalue weighted by Crippen LogP contribution is -2.15. The first-order chi connectivity index (χ1) is 8.74. The third-order valence-electron chi connectivity index (χ3n) is 3.13. The summed E-state index contributed by atoms with van der Waals surface area (Å²) < 4.78 is 5.35. The summed E-state index contributed by atoms with van der Waals surface area (Å²) in [6.07, 6.45) is 1.98. The van der Waals surface area contributed by atoms with Crippen LogP contribution in [0.25, 0.3) is 11.0 Å². The number of aromatic nitrogens is 3. The van der Waals surface area contributed by atoms with Gasteiger partial charge in [0.2, 0.25) is 5.28 Å². The highest BCUT2D eigenvalue weighted by Gasteiger charge is 2.18. The fourth-order valence-corrected chi connectivity index (χ4v) is 2.63. The summed E-state index contributed by atoms with van der Waals surface area (Å²) in [6, 6.07) is 3.88. The molecule has 1 aliphatic heterocycles. The predicted octanol–water partition coefficient (Wildman–Crippen LogP) is 3.23. The van der Waals surface area contributed by atoms with Crippen molar-refractivity contribution in [3.05, 3.63) is 28.3 Å². The smallest absolute Gasteiger partial charge is 0.224 e. The maximum atomic E-state index is 6.05. The Morgan fingerprint density at radius 2 is 1.83 bits per heavy atom. The van der Waals surface area contributed by atoms with E-state index in [0.29, 0.717) is 22.1 Å². The van der Waals surface area contributed by atoms with E-state index in [9.17, 15) is 0 Å². The molecule has 1 fully saturated rings. The summed E-state index contributed by atoms with van der Waals surface area (Å²) >= 11 is 11.8. The topological polar surface area (TPSA) is 47.9 Å². The molecule has 2 aromatic heterocycles. The quantitative estimate of drug-likeness (QED) is 0.596. The van der Waals surface area contributed by atoms with Gasteiger partial charge in [0, 0.05) is 24.8 Å². The number of hydrogen-bond donors (Lipinski definition) is 0. The first-order valence-electron chi connectivity index (χ1n) is 5.81. The highest BCUT2D eigenvalue weighted by atomic mass is 35.5. The summed E-state index contributed by atoms with van der Waals surface area (Å²) in [5.74, 6) is 0.426. The van der Waals surface area contributed by atoms with E-state index in [0.717, 1.165) is 31.7 Å². The summed E-state index contributed by atoms with van der Waals surface area (Å²) in [5, 5.41) is 0.451. The molecule has 3 heterocycles. The Balaban J connectivity index is 2.04. The number of hydrogen-bond acceptors (Lipinski definition) is 4. The lowest BCUT2D eigenvalue weighted by molar-refractivity contribution is 0.0846. The largest absolute Gasteiger partial charge is 0.381 e. The van der Waals surface area contributed by atoms with Crippen molar-refractivity contribution in [2.75, 3.05) is 13.2 Å². The lowest BCUT2D eigenvalue weighted by Gasteiger charge is -2.21. The minimum atomic E-state index is 0.146. The van der Waals surface area contributed by atoms with Gasteiger partial charge < -0.3 is 4.74 Å². The van der Waals surface area contributed by atoms with Crippen molar-refractivity contribution < 1.29 is 4.74 Å². The molecule has 1 saturated heterocycles. The minimum Gasteiger partial charge on any atom is -0.381 e. The molecule has 0 atom stereocenters. The average molecular weight is 284 g/mol. The zero-order chi connectivity index (χ0) is 12.5. The van der Waals surface area contributed by atoms with E-state index in [-0.39, 0.29) is 5.28 Å². The van der Waals surface area contributed by atoms with Gasteiger partial charge in [-0.2, -0.15) is 0 Å². The van der Waals surface area contributed by atoms with Crippen molar-refractivity contribution in [3.8, 4) is 0 Å². The molecule has 6 heteroatoms. The van der Waals surface area contributed by atoms with E-state index in [1.807, 2.05) is 12.1 Å². The number of fused-ring (bicyclic) bond motifs is 1. The van der Waals surface area contributed by atoms with Gasteiger partial charge in [-0.3, -0.25) is 0 Å². The van der Waals surface area contributed by atoms with Gasteiger partial charge in [-0.1, -0.05) is 11.6 Å². The van der Waals surface area contributed by atoms with Crippen molar-refractivity contribution in [2.45, 2.75) is 18.8 Å². The van der Waals surface area contributed by atoms with Gasteiger partial charge in [0.05, 0.1) is 5.52 Å². The van der Waals surface area contributed by atoms with Gasteiger partial charge in [-0.25, -0.2) is 15.0 Å². The monoisotopic (exact) mass is 283 g/mol. The zero-order valence-corrected chi connectivity index (χ0v) is 11.1. The minimum absolute atomic E-state index is 0.146. The summed E-state index contributed by atoms with van der Waals surface area (Å²) in [5.41, 5.74) is 2.32. The maximum Gasteiger partial charge on any atom is 0.224 e. The molecule has 0 unspecified atom stereocenters. The molecule has 0 aromatic carbocycles. The Morgan fingerprint density at radius 1 is 1.06 bits per heavy atom. The third kappa shape index (κ3) is 2.28. The Bertz CT molecular complexity index is 585. The fourth-order valence-electron chi connectivity index (χ4n) is 2.19. The van der Waals surface area contributed by atoms with Crippen molar-refractivity contribution in [3.63, 3.8) is 0 Å². The van der Waals surface area contributed by atoms with Gasteiger partial charge >= 0.3 is 0 Å². The van der Waals surface area contributed by atoms with Crippen LogP contribution in [0.1, 0.15) is 24.5 Å². The van der Waals surface area contributed by atoms with Crippen LogP contribution in [-0.4, -0.2) is 28.2 Å². The SMILES string of the molecule is Clc1nc(Cl)c2nc(C3CCOCC3)ccc2n1. The Labute approximate surface area is 114 Å². The molecular formula is C12H11Cl2N3O.